The van der Waals surface area contributed by atoms with Crippen LogP contribution in [-0.4, -0.2) is 44.1 Å². The molecule has 0 bridgehead atoms. The molecule has 1 aromatic rings. The molecule has 2 aliphatic rings. The van der Waals surface area contributed by atoms with Crippen LogP contribution in [0.5, 0.6) is 5.75 Å². The van der Waals surface area contributed by atoms with E-state index in [2.05, 4.69) is 12.2 Å². The third-order valence-electron chi connectivity index (χ3n) is 4.71. The summed E-state index contributed by atoms with van der Waals surface area (Å²) in [5.41, 5.74) is 0. The monoisotopic (exact) mass is 305 g/mol. The van der Waals surface area contributed by atoms with Crippen LogP contribution in [0.25, 0.3) is 0 Å². The Bertz CT molecular complexity index is 453. The Morgan fingerprint density at radius 3 is 2.77 bits per heavy atom. The number of benzene rings is 1. The lowest BCUT2D eigenvalue weighted by molar-refractivity contribution is -0.108. The quantitative estimate of drug-likeness (QED) is 0.877. The second kappa shape index (κ2) is 7.44. The lowest BCUT2D eigenvalue weighted by atomic mass is 9.83. The molecule has 1 saturated heterocycles. The number of hydrogen-bond donors (Lipinski definition) is 1. The Morgan fingerprint density at radius 1 is 1.23 bits per heavy atom. The SMILES string of the molecule is CCOC1CC(NC2CCOCC2C)C1Oc1ccccc1. The molecule has 1 saturated carbocycles. The Morgan fingerprint density at radius 2 is 2.05 bits per heavy atom. The molecule has 22 heavy (non-hydrogen) atoms. The van der Waals surface area contributed by atoms with Crippen molar-refractivity contribution >= 4 is 0 Å². The largest absolute Gasteiger partial charge is 0.486 e. The van der Waals surface area contributed by atoms with E-state index in [0.717, 1.165) is 38.4 Å². The van der Waals surface area contributed by atoms with Crippen LogP contribution in [0.4, 0.5) is 0 Å². The molecule has 5 unspecified atom stereocenters. The fourth-order valence-corrected chi connectivity index (χ4v) is 3.34. The van der Waals surface area contributed by atoms with Crippen molar-refractivity contribution in [1.82, 2.24) is 5.32 Å². The molecule has 1 heterocycles. The van der Waals surface area contributed by atoms with Crippen LogP contribution in [0.2, 0.25) is 0 Å². The zero-order valence-corrected chi connectivity index (χ0v) is 13.5. The molecule has 122 valence electrons. The van der Waals surface area contributed by atoms with Crippen molar-refractivity contribution < 1.29 is 14.2 Å². The Kier molecular flexibility index (Phi) is 5.34. The summed E-state index contributed by atoms with van der Waals surface area (Å²) < 4.78 is 17.5. The van der Waals surface area contributed by atoms with Crippen molar-refractivity contribution in [1.29, 1.82) is 0 Å². The summed E-state index contributed by atoms with van der Waals surface area (Å²) in [5.74, 6) is 1.47. The molecule has 4 nitrogen and oxygen atoms in total. The molecule has 3 rings (SSSR count). The van der Waals surface area contributed by atoms with Crippen LogP contribution in [-0.2, 0) is 9.47 Å². The van der Waals surface area contributed by atoms with Crippen LogP contribution in [0.1, 0.15) is 26.7 Å². The Balaban J connectivity index is 1.60. The number of ether oxygens (including phenoxy) is 3. The molecule has 0 aromatic heterocycles. The standard InChI is InChI=1S/C18H27NO3/c1-3-21-17-11-16(19-15-9-10-20-12-13(15)2)18(17)22-14-7-5-4-6-8-14/h4-8,13,15-19H,3,9-12H2,1-2H3. The zero-order chi connectivity index (χ0) is 15.4. The summed E-state index contributed by atoms with van der Waals surface area (Å²) in [6.07, 6.45) is 2.39. The predicted molar refractivity (Wildman–Crippen MR) is 86.2 cm³/mol. The van der Waals surface area contributed by atoms with E-state index < -0.39 is 0 Å². The van der Waals surface area contributed by atoms with Crippen molar-refractivity contribution in [2.24, 2.45) is 5.92 Å². The van der Waals surface area contributed by atoms with E-state index in [1.807, 2.05) is 37.3 Å². The minimum atomic E-state index is 0.0948. The lowest BCUT2D eigenvalue weighted by Crippen LogP contribution is -2.64. The van der Waals surface area contributed by atoms with Gasteiger partial charge in [0.05, 0.1) is 12.7 Å². The summed E-state index contributed by atoms with van der Waals surface area (Å²) >= 11 is 0. The van der Waals surface area contributed by atoms with Gasteiger partial charge in [-0.05, 0) is 37.8 Å². The first-order chi connectivity index (χ1) is 10.8. The van der Waals surface area contributed by atoms with E-state index in [1.165, 1.54) is 0 Å². The maximum absolute atomic E-state index is 6.19. The Hall–Kier alpha value is -1.10. The maximum Gasteiger partial charge on any atom is 0.140 e. The van der Waals surface area contributed by atoms with Gasteiger partial charge < -0.3 is 19.5 Å². The molecule has 4 heteroatoms. The third-order valence-corrected chi connectivity index (χ3v) is 4.71. The van der Waals surface area contributed by atoms with Crippen LogP contribution in [0.3, 0.4) is 0 Å². The summed E-state index contributed by atoms with van der Waals surface area (Å²) in [4.78, 5) is 0. The highest BCUT2D eigenvalue weighted by atomic mass is 16.5. The van der Waals surface area contributed by atoms with Crippen LogP contribution < -0.4 is 10.1 Å². The molecule has 5 atom stereocenters. The summed E-state index contributed by atoms with van der Waals surface area (Å²) in [6, 6.07) is 10.9. The summed E-state index contributed by atoms with van der Waals surface area (Å²) in [7, 11) is 0. The normalized spacial score (nSPS) is 34.9. The molecular weight excluding hydrogens is 278 g/mol. The van der Waals surface area contributed by atoms with E-state index in [0.29, 0.717) is 18.0 Å². The van der Waals surface area contributed by atoms with Crippen LogP contribution in [0, 0.1) is 5.92 Å². The Labute approximate surface area is 133 Å². The number of hydrogen-bond acceptors (Lipinski definition) is 4. The van der Waals surface area contributed by atoms with Crippen molar-refractivity contribution in [3.05, 3.63) is 30.3 Å². The maximum atomic E-state index is 6.19. The smallest absolute Gasteiger partial charge is 0.140 e. The van der Waals surface area contributed by atoms with Gasteiger partial charge in [0.2, 0.25) is 0 Å². The average molecular weight is 305 g/mol. The van der Waals surface area contributed by atoms with Gasteiger partial charge in [-0.1, -0.05) is 25.1 Å². The van der Waals surface area contributed by atoms with Crippen molar-refractivity contribution in [3.8, 4) is 5.75 Å². The molecule has 2 fully saturated rings. The highest BCUT2D eigenvalue weighted by Gasteiger charge is 2.45. The van der Waals surface area contributed by atoms with E-state index in [4.69, 9.17) is 14.2 Å². The number of rotatable bonds is 6. The third kappa shape index (κ3) is 3.62. The fraction of sp³-hybridized carbons (Fsp3) is 0.667. The fourth-order valence-electron chi connectivity index (χ4n) is 3.34. The molecule has 0 amide bonds. The summed E-state index contributed by atoms with van der Waals surface area (Å²) in [5, 5.41) is 3.78. The first kappa shape index (κ1) is 15.8. The van der Waals surface area contributed by atoms with Gasteiger partial charge in [0.1, 0.15) is 11.9 Å². The van der Waals surface area contributed by atoms with Crippen LogP contribution in [0.15, 0.2) is 30.3 Å². The van der Waals surface area contributed by atoms with E-state index >= 15 is 0 Å². The highest BCUT2D eigenvalue weighted by molar-refractivity contribution is 5.22. The van der Waals surface area contributed by atoms with Gasteiger partial charge in [0.15, 0.2) is 0 Å². The minimum absolute atomic E-state index is 0.0948. The van der Waals surface area contributed by atoms with Crippen molar-refractivity contribution in [2.45, 2.75) is 51.0 Å². The number of nitrogens with one attached hydrogen (secondary N) is 1. The van der Waals surface area contributed by atoms with Gasteiger partial charge in [0.25, 0.3) is 0 Å². The van der Waals surface area contributed by atoms with E-state index in [9.17, 15) is 0 Å². The number of para-hydroxylation sites is 1. The second-order valence-electron chi connectivity index (χ2n) is 6.35. The van der Waals surface area contributed by atoms with E-state index in [-0.39, 0.29) is 12.2 Å². The molecule has 1 N–H and O–H groups in total. The van der Waals surface area contributed by atoms with E-state index in [1.54, 1.807) is 0 Å². The van der Waals surface area contributed by atoms with Gasteiger partial charge in [0, 0.05) is 25.3 Å². The van der Waals surface area contributed by atoms with Gasteiger partial charge in [-0.3, -0.25) is 0 Å². The molecular formula is C18H27NO3. The molecule has 0 spiro atoms. The van der Waals surface area contributed by atoms with Gasteiger partial charge in [-0.25, -0.2) is 0 Å². The molecule has 1 aliphatic carbocycles. The topological polar surface area (TPSA) is 39.7 Å². The summed E-state index contributed by atoms with van der Waals surface area (Å²) in [6.45, 7) is 6.74. The van der Waals surface area contributed by atoms with Gasteiger partial charge in [-0.15, -0.1) is 0 Å². The van der Waals surface area contributed by atoms with Crippen LogP contribution >= 0.6 is 0 Å². The lowest BCUT2D eigenvalue weighted by Gasteiger charge is -2.46. The first-order valence-electron chi connectivity index (χ1n) is 8.45. The average Bonchev–Trinajstić information content (AvgIpc) is 2.54. The van der Waals surface area contributed by atoms with Gasteiger partial charge >= 0.3 is 0 Å². The highest BCUT2D eigenvalue weighted by Crippen LogP contribution is 2.30. The molecule has 1 aliphatic heterocycles. The van der Waals surface area contributed by atoms with Crippen molar-refractivity contribution in [2.75, 3.05) is 19.8 Å². The molecule has 1 aromatic carbocycles. The van der Waals surface area contributed by atoms with Crippen molar-refractivity contribution in [3.63, 3.8) is 0 Å². The first-order valence-corrected chi connectivity index (χ1v) is 8.45. The second-order valence-corrected chi connectivity index (χ2v) is 6.35. The predicted octanol–water partition coefficient (Wildman–Crippen LogP) is 2.63. The molecule has 0 radical (unpaired) electrons. The zero-order valence-electron chi connectivity index (χ0n) is 13.5. The van der Waals surface area contributed by atoms with Gasteiger partial charge in [-0.2, -0.15) is 0 Å². The minimum Gasteiger partial charge on any atom is -0.486 e.